The molecule has 1 nitrogen and oxygen atoms in total. The number of benzene rings is 1. The van der Waals surface area contributed by atoms with Crippen molar-refractivity contribution in [3.8, 4) is 0 Å². The van der Waals surface area contributed by atoms with Crippen molar-refractivity contribution < 1.29 is 5.11 Å². The summed E-state index contributed by atoms with van der Waals surface area (Å²) in [5.74, 6) is 1.12. The molecule has 0 spiro atoms. The monoisotopic (exact) mass is 266 g/mol. The fourth-order valence-corrected chi connectivity index (χ4v) is 3.21. The van der Waals surface area contributed by atoms with E-state index < -0.39 is 0 Å². The molecular formula is C16H23ClO. The summed E-state index contributed by atoms with van der Waals surface area (Å²) >= 11 is 5.90. The summed E-state index contributed by atoms with van der Waals surface area (Å²) in [6.07, 6.45) is 8.98. The van der Waals surface area contributed by atoms with Crippen molar-refractivity contribution in [2.45, 2.75) is 44.9 Å². The van der Waals surface area contributed by atoms with E-state index in [2.05, 4.69) is 12.1 Å². The van der Waals surface area contributed by atoms with Crippen LogP contribution in [0.1, 0.15) is 44.1 Å². The van der Waals surface area contributed by atoms with E-state index in [-0.39, 0.29) is 0 Å². The summed E-state index contributed by atoms with van der Waals surface area (Å²) in [4.78, 5) is 0. The molecule has 0 heterocycles. The van der Waals surface area contributed by atoms with Crippen LogP contribution in [0.3, 0.4) is 0 Å². The molecule has 1 unspecified atom stereocenters. The van der Waals surface area contributed by atoms with Crippen LogP contribution in [0.2, 0.25) is 5.02 Å². The molecule has 0 aromatic heterocycles. The van der Waals surface area contributed by atoms with Crippen LogP contribution in [0.25, 0.3) is 0 Å². The number of rotatable bonds is 4. The first kappa shape index (κ1) is 13.9. The molecule has 1 aromatic rings. The first-order chi connectivity index (χ1) is 8.79. The minimum atomic E-state index is 0.313. The van der Waals surface area contributed by atoms with E-state index in [1.807, 2.05) is 12.1 Å². The molecule has 1 aliphatic carbocycles. The van der Waals surface area contributed by atoms with Crippen molar-refractivity contribution >= 4 is 11.6 Å². The average Bonchev–Trinajstić information content (AvgIpc) is 2.67. The van der Waals surface area contributed by atoms with Gasteiger partial charge in [-0.05, 0) is 36.0 Å². The summed E-state index contributed by atoms with van der Waals surface area (Å²) in [7, 11) is 0. The van der Waals surface area contributed by atoms with Gasteiger partial charge in [0.2, 0.25) is 0 Å². The van der Waals surface area contributed by atoms with E-state index in [4.69, 9.17) is 11.6 Å². The Kier molecular flexibility index (Phi) is 5.52. The van der Waals surface area contributed by atoms with E-state index in [0.29, 0.717) is 18.4 Å². The molecule has 1 fully saturated rings. The van der Waals surface area contributed by atoms with Gasteiger partial charge in [0.25, 0.3) is 0 Å². The lowest BCUT2D eigenvalue weighted by Crippen LogP contribution is -2.20. The maximum Gasteiger partial charge on any atom is 0.0465 e. The Hall–Kier alpha value is -0.530. The van der Waals surface area contributed by atoms with Gasteiger partial charge in [-0.1, -0.05) is 62.3 Å². The number of hydrogen-bond acceptors (Lipinski definition) is 1. The second-order valence-electron chi connectivity index (χ2n) is 5.52. The molecule has 1 aliphatic rings. The lowest BCUT2D eigenvalue weighted by Gasteiger charge is -2.24. The molecule has 2 rings (SSSR count). The van der Waals surface area contributed by atoms with Crippen LogP contribution in [-0.4, -0.2) is 11.7 Å². The summed E-state index contributed by atoms with van der Waals surface area (Å²) in [5.41, 5.74) is 1.29. The molecule has 1 saturated carbocycles. The van der Waals surface area contributed by atoms with Crippen LogP contribution in [0.5, 0.6) is 0 Å². The van der Waals surface area contributed by atoms with Gasteiger partial charge in [0.15, 0.2) is 0 Å². The Morgan fingerprint density at radius 2 is 1.67 bits per heavy atom. The van der Waals surface area contributed by atoms with Crippen LogP contribution in [-0.2, 0) is 6.42 Å². The van der Waals surface area contributed by atoms with Gasteiger partial charge in [0, 0.05) is 11.6 Å². The highest BCUT2D eigenvalue weighted by molar-refractivity contribution is 6.30. The Morgan fingerprint density at radius 3 is 2.22 bits per heavy atom. The van der Waals surface area contributed by atoms with E-state index >= 15 is 0 Å². The van der Waals surface area contributed by atoms with Gasteiger partial charge in [0.1, 0.15) is 0 Å². The normalized spacial score (nSPS) is 19.4. The number of aliphatic hydroxyl groups is 1. The standard InChI is InChI=1S/C16H23ClO/c17-16-9-7-13(8-10-16)11-15(12-18)14-5-3-1-2-4-6-14/h7-10,14-15,18H,1-6,11-12H2. The van der Waals surface area contributed by atoms with Crippen molar-refractivity contribution in [1.82, 2.24) is 0 Å². The lowest BCUT2D eigenvalue weighted by molar-refractivity contribution is 0.163. The molecule has 0 saturated heterocycles. The maximum absolute atomic E-state index is 9.66. The third-order valence-corrected chi connectivity index (χ3v) is 4.46. The van der Waals surface area contributed by atoms with E-state index in [9.17, 15) is 5.11 Å². The first-order valence-electron chi connectivity index (χ1n) is 7.15. The van der Waals surface area contributed by atoms with Gasteiger partial charge in [0.05, 0.1) is 0 Å². The Bertz CT molecular complexity index is 339. The number of aliphatic hydroxyl groups excluding tert-OH is 1. The van der Waals surface area contributed by atoms with E-state index in [1.54, 1.807) is 0 Å². The molecule has 2 heteroatoms. The molecule has 0 aliphatic heterocycles. The zero-order valence-electron chi connectivity index (χ0n) is 10.9. The highest BCUT2D eigenvalue weighted by Crippen LogP contribution is 2.31. The second-order valence-corrected chi connectivity index (χ2v) is 5.96. The molecular weight excluding hydrogens is 244 g/mol. The van der Waals surface area contributed by atoms with Crippen molar-refractivity contribution in [3.63, 3.8) is 0 Å². The van der Waals surface area contributed by atoms with Crippen LogP contribution in [0.15, 0.2) is 24.3 Å². The molecule has 1 N–H and O–H groups in total. The van der Waals surface area contributed by atoms with Crippen LogP contribution < -0.4 is 0 Å². The SMILES string of the molecule is OCC(Cc1ccc(Cl)cc1)C1CCCCCC1. The largest absolute Gasteiger partial charge is 0.396 e. The smallest absolute Gasteiger partial charge is 0.0465 e. The third kappa shape index (κ3) is 4.00. The van der Waals surface area contributed by atoms with E-state index in [1.165, 1.54) is 44.1 Å². The van der Waals surface area contributed by atoms with E-state index in [0.717, 1.165) is 11.4 Å². The van der Waals surface area contributed by atoms with Crippen LogP contribution in [0, 0.1) is 11.8 Å². The highest BCUT2D eigenvalue weighted by atomic mass is 35.5. The predicted octanol–water partition coefficient (Wildman–Crippen LogP) is 4.46. The van der Waals surface area contributed by atoms with Gasteiger partial charge in [-0.15, -0.1) is 0 Å². The molecule has 18 heavy (non-hydrogen) atoms. The quantitative estimate of drug-likeness (QED) is 0.798. The predicted molar refractivity (Wildman–Crippen MR) is 76.9 cm³/mol. The summed E-state index contributed by atoms with van der Waals surface area (Å²) in [5, 5.41) is 10.4. The Balaban J connectivity index is 1.97. The molecule has 100 valence electrons. The molecule has 1 aromatic carbocycles. The Labute approximate surface area is 115 Å². The third-order valence-electron chi connectivity index (χ3n) is 4.21. The topological polar surface area (TPSA) is 20.2 Å². The van der Waals surface area contributed by atoms with Crippen molar-refractivity contribution in [2.75, 3.05) is 6.61 Å². The maximum atomic E-state index is 9.66. The van der Waals surface area contributed by atoms with Gasteiger partial charge in [-0.3, -0.25) is 0 Å². The van der Waals surface area contributed by atoms with Crippen molar-refractivity contribution in [3.05, 3.63) is 34.9 Å². The number of halogens is 1. The zero-order valence-corrected chi connectivity index (χ0v) is 11.7. The van der Waals surface area contributed by atoms with Crippen LogP contribution in [0.4, 0.5) is 0 Å². The fourth-order valence-electron chi connectivity index (χ4n) is 3.09. The lowest BCUT2D eigenvalue weighted by atomic mass is 9.82. The first-order valence-corrected chi connectivity index (χ1v) is 7.52. The van der Waals surface area contributed by atoms with Gasteiger partial charge < -0.3 is 5.11 Å². The van der Waals surface area contributed by atoms with Gasteiger partial charge in [-0.25, -0.2) is 0 Å². The van der Waals surface area contributed by atoms with Crippen molar-refractivity contribution in [2.24, 2.45) is 11.8 Å². The van der Waals surface area contributed by atoms with Crippen LogP contribution >= 0.6 is 11.6 Å². The molecule has 0 radical (unpaired) electrons. The minimum absolute atomic E-state index is 0.313. The van der Waals surface area contributed by atoms with Gasteiger partial charge in [-0.2, -0.15) is 0 Å². The highest BCUT2D eigenvalue weighted by Gasteiger charge is 2.22. The summed E-state index contributed by atoms with van der Waals surface area (Å²) in [6.45, 7) is 0.313. The summed E-state index contributed by atoms with van der Waals surface area (Å²) in [6, 6.07) is 8.06. The summed E-state index contributed by atoms with van der Waals surface area (Å²) < 4.78 is 0. The zero-order chi connectivity index (χ0) is 12.8. The average molecular weight is 267 g/mol. The number of hydrogen-bond donors (Lipinski definition) is 1. The molecule has 1 atom stereocenters. The van der Waals surface area contributed by atoms with Gasteiger partial charge >= 0.3 is 0 Å². The molecule has 0 bridgehead atoms. The Morgan fingerprint density at radius 1 is 1.06 bits per heavy atom. The minimum Gasteiger partial charge on any atom is -0.396 e. The second kappa shape index (κ2) is 7.16. The fraction of sp³-hybridized carbons (Fsp3) is 0.625. The molecule has 0 amide bonds. The van der Waals surface area contributed by atoms with Crippen molar-refractivity contribution in [1.29, 1.82) is 0 Å².